The highest BCUT2D eigenvalue weighted by molar-refractivity contribution is 8.76. The summed E-state index contributed by atoms with van der Waals surface area (Å²) in [5.74, 6) is 1.49. The monoisotopic (exact) mass is 508 g/mol. The number of rotatable bonds is 10. The molecule has 0 amide bonds. The number of aryl methyl sites for hydroxylation is 1. The van der Waals surface area contributed by atoms with Crippen LogP contribution in [0.3, 0.4) is 0 Å². The number of hydrogen-bond acceptors (Lipinski definition) is 12. The number of nitrogens with zero attached hydrogens (tertiary/aromatic N) is 1. The number of hydrogen-bond donors (Lipinski definition) is 2. The standard InChI is InChI=1S/C19H28N2O10S2/c1-10-4-21(17(24)20-16(10)23)15-3-13(22)14(31-15)7-28-19-27-6-12(30-19)9-33-32-8-11-5-26-18(25-2)29-11/h4,11-15,18-19,22H,3,5-9H2,1-2H3,(H,20,23,24)/t11?,12?,13-,14+,15+,18?,19?/m0/s1. The first-order chi connectivity index (χ1) is 15.9. The molecule has 0 aromatic carbocycles. The summed E-state index contributed by atoms with van der Waals surface area (Å²) >= 11 is 0. The second-order valence-electron chi connectivity index (χ2n) is 7.81. The van der Waals surface area contributed by atoms with Gasteiger partial charge in [0.1, 0.15) is 12.3 Å². The zero-order chi connectivity index (χ0) is 23.4. The van der Waals surface area contributed by atoms with Crippen LogP contribution in [0.25, 0.3) is 0 Å². The number of aliphatic hydroxyl groups is 1. The third-order valence-corrected chi connectivity index (χ3v) is 7.78. The Morgan fingerprint density at radius 3 is 2.45 bits per heavy atom. The van der Waals surface area contributed by atoms with Crippen molar-refractivity contribution in [2.24, 2.45) is 0 Å². The molecule has 0 radical (unpaired) electrons. The van der Waals surface area contributed by atoms with Gasteiger partial charge in [0.2, 0.25) is 0 Å². The van der Waals surface area contributed by atoms with Crippen molar-refractivity contribution < 1.29 is 38.3 Å². The maximum Gasteiger partial charge on any atom is 0.330 e. The lowest BCUT2D eigenvalue weighted by Gasteiger charge is -2.18. The minimum Gasteiger partial charge on any atom is -0.390 e. The molecule has 7 atom stereocenters. The average Bonchev–Trinajstić information content (AvgIpc) is 3.52. The van der Waals surface area contributed by atoms with Gasteiger partial charge in [0, 0.05) is 36.8 Å². The number of aromatic amines is 1. The van der Waals surface area contributed by atoms with Gasteiger partial charge in [-0.05, 0) is 6.92 Å². The van der Waals surface area contributed by atoms with E-state index < -0.39 is 42.6 Å². The summed E-state index contributed by atoms with van der Waals surface area (Å²) in [4.78, 5) is 25.8. The Morgan fingerprint density at radius 2 is 1.79 bits per heavy atom. The highest BCUT2D eigenvalue weighted by Gasteiger charge is 2.37. The van der Waals surface area contributed by atoms with Crippen molar-refractivity contribution in [2.75, 3.05) is 38.4 Å². The van der Waals surface area contributed by atoms with E-state index in [1.165, 1.54) is 17.9 Å². The molecule has 2 N–H and O–H groups in total. The van der Waals surface area contributed by atoms with Crippen LogP contribution in [0.5, 0.6) is 0 Å². The quantitative estimate of drug-likeness (QED) is 0.323. The van der Waals surface area contributed by atoms with Gasteiger partial charge >= 0.3 is 5.69 Å². The molecule has 4 unspecified atom stereocenters. The first kappa shape index (κ1) is 25.2. The van der Waals surface area contributed by atoms with Crippen LogP contribution in [0, 0.1) is 6.92 Å². The fourth-order valence-electron chi connectivity index (χ4n) is 3.49. The Labute approximate surface area is 197 Å². The molecule has 0 spiro atoms. The normalized spacial score (nSPS) is 34.3. The Bertz CT molecular complexity index is 898. The summed E-state index contributed by atoms with van der Waals surface area (Å²) in [5.41, 5.74) is -0.655. The first-order valence-electron chi connectivity index (χ1n) is 10.5. The molecule has 4 rings (SSSR count). The van der Waals surface area contributed by atoms with E-state index in [-0.39, 0.29) is 25.2 Å². The predicted octanol–water partition coefficient (Wildman–Crippen LogP) is -0.0642. The molecule has 12 nitrogen and oxygen atoms in total. The highest BCUT2D eigenvalue weighted by Crippen LogP contribution is 2.30. The lowest BCUT2D eigenvalue weighted by atomic mass is 10.2. The summed E-state index contributed by atoms with van der Waals surface area (Å²) in [7, 11) is 4.85. The second kappa shape index (κ2) is 11.7. The SMILES string of the molecule is COC1OCC(CSSCC2COC(OC[C@H]3O[C@@H](n4cc(C)c(=O)[nH]c4=O)C[C@@H]3O)O2)O1. The van der Waals surface area contributed by atoms with E-state index in [2.05, 4.69) is 4.98 Å². The van der Waals surface area contributed by atoms with Crippen LogP contribution in [-0.4, -0.2) is 90.5 Å². The molecule has 3 aliphatic rings. The van der Waals surface area contributed by atoms with Gasteiger partial charge in [-0.3, -0.25) is 14.3 Å². The molecule has 1 aromatic rings. The number of ether oxygens (including phenoxy) is 7. The van der Waals surface area contributed by atoms with E-state index in [4.69, 9.17) is 33.2 Å². The van der Waals surface area contributed by atoms with E-state index in [9.17, 15) is 14.7 Å². The van der Waals surface area contributed by atoms with Crippen molar-refractivity contribution in [3.8, 4) is 0 Å². The maximum absolute atomic E-state index is 12.1. The van der Waals surface area contributed by atoms with Crippen molar-refractivity contribution in [2.45, 2.75) is 56.9 Å². The van der Waals surface area contributed by atoms with Crippen molar-refractivity contribution in [3.05, 3.63) is 32.6 Å². The van der Waals surface area contributed by atoms with Crippen molar-refractivity contribution >= 4 is 21.6 Å². The molecule has 4 heterocycles. The van der Waals surface area contributed by atoms with Gasteiger partial charge in [-0.2, -0.15) is 0 Å². The van der Waals surface area contributed by atoms with Crippen LogP contribution in [0.4, 0.5) is 0 Å². The maximum atomic E-state index is 12.1. The summed E-state index contributed by atoms with van der Waals surface area (Å²) in [6.45, 7) is 1.11. The molecule has 186 valence electrons. The second-order valence-corrected chi connectivity index (χ2v) is 10.4. The molecule has 3 fully saturated rings. The van der Waals surface area contributed by atoms with Crippen LogP contribution in [0.2, 0.25) is 0 Å². The zero-order valence-corrected chi connectivity index (χ0v) is 19.9. The van der Waals surface area contributed by atoms with E-state index >= 15 is 0 Å². The van der Waals surface area contributed by atoms with E-state index in [0.29, 0.717) is 24.5 Å². The van der Waals surface area contributed by atoms with Gasteiger partial charge in [0.05, 0.1) is 38.1 Å². The van der Waals surface area contributed by atoms with Crippen LogP contribution in [0.1, 0.15) is 18.2 Å². The summed E-state index contributed by atoms with van der Waals surface area (Å²) in [6, 6.07) is 0. The smallest absolute Gasteiger partial charge is 0.330 e. The average molecular weight is 509 g/mol. The van der Waals surface area contributed by atoms with Crippen molar-refractivity contribution in [1.82, 2.24) is 9.55 Å². The lowest BCUT2D eigenvalue weighted by Crippen LogP contribution is -2.33. The fourth-order valence-corrected chi connectivity index (χ4v) is 5.82. The van der Waals surface area contributed by atoms with Gasteiger partial charge in [0.25, 0.3) is 18.5 Å². The Balaban J connectivity index is 1.14. The molecule has 0 aliphatic carbocycles. The molecule has 33 heavy (non-hydrogen) atoms. The number of nitrogens with one attached hydrogen (secondary N) is 1. The Hall–Kier alpha value is -0.940. The van der Waals surface area contributed by atoms with Gasteiger partial charge in [-0.15, -0.1) is 0 Å². The molecule has 14 heteroatoms. The van der Waals surface area contributed by atoms with E-state index in [0.717, 1.165) is 5.75 Å². The molecule has 3 saturated heterocycles. The van der Waals surface area contributed by atoms with Crippen LogP contribution < -0.4 is 11.2 Å². The summed E-state index contributed by atoms with van der Waals surface area (Å²) < 4.78 is 39.7. The number of aliphatic hydroxyl groups excluding tert-OH is 1. The highest BCUT2D eigenvalue weighted by atomic mass is 33.1. The third kappa shape index (κ3) is 6.60. The van der Waals surface area contributed by atoms with Crippen molar-refractivity contribution in [3.63, 3.8) is 0 Å². The number of methoxy groups -OCH3 is 1. The van der Waals surface area contributed by atoms with Gasteiger partial charge in [0.15, 0.2) is 0 Å². The van der Waals surface area contributed by atoms with Crippen LogP contribution in [0.15, 0.2) is 15.8 Å². The van der Waals surface area contributed by atoms with Crippen LogP contribution >= 0.6 is 21.6 Å². The molecule has 0 saturated carbocycles. The molecular formula is C19H28N2O10S2. The topological polar surface area (TPSA) is 140 Å². The summed E-state index contributed by atoms with van der Waals surface area (Å²) in [6.07, 6.45) is -0.688. The van der Waals surface area contributed by atoms with E-state index in [1.807, 2.05) is 0 Å². The summed E-state index contributed by atoms with van der Waals surface area (Å²) in [5, 5.41) is 10.3. The van der Waals surface area contributed by atoms with Crippen LogP contribution in [-0.2, 0) is 33.2 Å². The molecule has 1 aromatic heterocycles. The van der Waals surface area contributed by atoms with Gasteiger partial charge in [-0.25, -0.2) is 4.79 Å². The molecular weight excluding hydrogens is 480 g/mol. The van der Waals surface area contributed by atoms with E-state index in [1.54, 1.807) is 28.5 Å². The van der Waals surface area contributed by atoms with Gasteiger partial charge < -0.3 is 38.3 Å². The Morgan fingerprint density at radius 1 is 1.12 bits per heavy atom. The largest absolute Gasteiger partial charge is 0.390 e. The Kier molecular flexibility index (Phi) is 8.89. The lowest BCUT2D eigenvalue weighted by molar-refractivity contribution is -0.249. The number of aromatic nitrogens is 2. The van der Waals surface area contributed by atoms with Crippen molar-refractivity contribution in [1.29, 1.82) is 0 Å². The molecule has 0 bridgehead atoms. The zero-order valence-electron chi connectivity index (χ0n) is 18.2. The molecule has 3 aliphatic heterocycles. The minimum absolute atomic E-state index is 0.00171. The van der Waals surface area contributed by atoms with Gasteiger partial charge in [-0.1, -0.05) is 21.6 Å². The minimum atomic E-state index is -0.845. The number of H-pyrrole nitrogens is 1. The first-order valence-corrected chi connectivity index (χ1v) is 13.0. The predicted molar refractivity (Wildman–Crippen MR) is 118 cm³/mol. The fraction of sp³-hybridized carbons (Fsp3) is 0.789. The third-order valence-electron chi connectivity index (χ3n) is 5.28.